The van der Waals surface area contributed by atoms with Crippen molar-refractivity contribution in [1.29, 1.82) is 0 Å². The van der Waals surface area contributed by atoms with Crippen molar-refractivity contribution in [1.82, 2.24) is 20.0 Å². The van der Waals surface area contributed by atoms with Crippen molar-refractivity contribution >= 4 is 16.9 Å². The number of fused-ring (bicyclic) bond motifs is 1. The lowest BCUT2D eigenvalue weighted by atomic mass is 10.1. The Morgan fingerprint density at radius 2 is 2.00 bits per heavy atom. The average molecular weight is 364 g/mol. The number of hydrogen-bond donors (Lipinski definition) is 1. The highest BCUT2D eigenvalue weighted by molar-refractivity contribution is 5.92. The van der Waals surface area contributed by atoms with Gasteiger partial charge in [-0.3, -0.25) is 4.79 Å². The van der Waals surface area contributed by atoms with Crippen molar-refractivity contribution in [2.75, 3.05) is 0 Å². The van der Waals surface area contributed by atoms with Gasteiger partial charge in [0.1, 0.15) is 11.6 Å². The summed E-state index contributed by atoms with van der Waals surface area (Å²) < 4.78 is 20.3. The molecule has 0 radical (unpaired) electrons. The standard InChI is InChI=1S/C20H17FN4O2/c1-13-10-17(24-27-13)20(26)23-18(14-6-8-15(21)9-7-14)11-25-12-22-16-4-2-3-5-19(16)25/h2-10,12,18H,11H2,1H3,(H,23,26). The maximum atomic E-state index is 13.3. The normalized spacial score (nSPS) is 12.2. The number of para-hydroxylation sites is 2. The van der Waals surface area contributed by atoms with Crippen molar-refractivity contribution in [3.05, 3.63) is 83.8 Å². The van der Waals surface area contributed by atoms with Crippen LogP contribution in [0.15, 0.2) is 65.4 Å². The van der Waals surface area contributed by atoms with E-state index in [9.17, 15) is 9.18 Å². The molecule has 2 heterocycles. The zero-order chi connectivity index (χ0) is 18.8. The van der Waals surface area contributed by atoms with Gasteiger partial charge in [0.2, 0.25) is 0 Å². The van der Waals surface area contributed by atoms with Gasteiger partial charge in [0.05, 0.1) is 23.4 Å². The van der Waals surface area contributed by atoms with E-state index in [0.29, 0.717) is 12.3 Å². The van der Waals surface area contributed by atoms with Crippen LogP contribution in [-0.4, -0.2) is 20.6 Å². The van der Waals surface area contributed by atoms with Crippen LogP contribution < -0.4 is 5.32 Å². The van der Waals surface area contributed by atoms with Gasteiger partial charge in [-0.15, -0.1) is 0 Å². The van der Waals surface area contributed by atoms with Gasteiger partial charge in [-0.25, -0.2) is 9.37 Å². The fourth-order valence-electron chi connectivity index (χ4n) is 2.99. The molecule has 1 amide bonds. The maximum Gasteiger partial charge on any atom is 0.274 e. The van der Waals surface area contributed by atoms with Crippen molar-refractivity contribution < 1.29 is 13.7 Å². The lowest BCUT2D eigenvalue weighted by Gasteiger charge is -2.20. The Hall–Kier alpha value is -3.48. The highest BCUT2D eigenvalue weighted by Crippen LogP contribution is 2.20. The van der Waals surface area contributed by atoms with E-state index in [1.54, 1.807) is 31.5 Å². The molecule has 27 heavy (non-hydrogen) atoms. The third kappa shape index (κ3) is 3.57. The lowest BCUT2D eigenvalue weighted by Crippen LogP contribution is -2.31. The Kier molecular flexibility index (Phi) is 4.42. The quantitative estimate of drug-likeness (QED) is 0.587. The number of aromatic nitrogens is 3. The lowest BCUT2D eigenvalue weighted by molar-refractivity contribution is 0.0923. The van der Waals surface area contributed by atoms with Crippen LogP contribution in [0, 0.1) is 12.7 Å². The Bertz CT molecular complexity index is 1080. The summed E-state index contributed by atoms with van der Waals surface area (Å²) >= 11 is 0. The molecule has 1 N–H and O–H groups in total. The van der Waals surface area contributed by atoms with Gasteiger partial charge in [0.25, 0.3) is 5.91 Å². The fourth-order valence-corrected chi connectivity index (χ4v) is 2.99. The van der Waals surface area contributed by atoms with E-state index >= 15 is 0 Å². The van der Waals surface area contributed by atoms with E-state index in [2.05, 4.69) is 15.5 Å². The molecule has 0 aliphatic rings. The van der Waals surface area contributed by atoms with Gasteiger partial charge in [-0.05, 0) is 36.8 Å². The van der Waals surface area contributed by atoms with E-state index in [1.165, 1.54) is 12.1 Å². The molecule has 4 aromatic rings. The minimum atomic E-state index is -0.396. The van der Waals surface area contributed by atoms with Gasteiger partial charge in [-0.2, -0.15) is 0 Å². The largest absolute Gasteiger partial charge is 0.361 e. The molecule has 2 aromatic carbocycles. The van der Waals surface area contributed by atoms with Crippen LogP contribution in [-0.2, 0) is 6.54 Å². The van der Waals surface area contributed by atoms with E-state index in [1.807, 2.05) is 28.8 Å². The molecule has 1 unspecified atom stereocenters. The predicted octanol–water partition coefficient (Wildman–Crippen LogP) is 3.64. The van der Waals surface area contributed by atoms with Crippen LogP contribution in [0.2, 0.25) is 0 Å². The Morgan fingerprint density at radius 1 is 1.22 bits per heavy atom. The first-order chi connectivity index (χ1) is 13.1. The molecule has 0 fully saturated rings. The summed E-state index contributed by atoms with van der Waals surface area (Å²) in [6.07, 6.45) is 1.73. The molecule has 1 atom stereocenters. The second kappa shape index (κ2) is 7.03. The van der Waals surface area contributed by atoms with Gasteiger partial charge in [-0.1, -0.05) is 29.4 Å². The maximum absolute atomic E-state index is 13.3. The number of carbonyl (C=O) groups is 1. The number of aryl methyl sites for hydroxylation is 1. The van der Waals surface area contributed by atoms with Gasteiger partial charge >= 0.3 is 0 Å². The zero-order valence-corrected chi connectivity index (χ0v) is 14.6. The minimum Gasteiger partial charge on any atom is -0.361 e. The van der Waals surface area contributed by atoms with Gasteiger partial charge < -0.3 is 14.4 Å². The molecule has 0 aliphatic heterocycles. The number of halogens is 1. The number of benzene rings is 2. The van der Waals surface area contributed by atoms with E-state index in [-0.39, 0.29) is 17.4 Å². The molecule has 0 bridgehead atoms. The number of imidazole rings is 1. The molecule has 136 valence electrons. The first-order valence-corrected chi connectivity index (χ1v) is 8.49. The number of carbonyl (C=O) groups excluding carboxylic acids is 1. The van der Waals surface area contributed by atoms with E-state index in [0.717, 1.165) is 16.6 Å². The molecule has 0 aliphatic carbocycles. The zero-order valence-electron chi connectivity index (χ0n) is 14.6. The van der Waals surface area contributed by atoms with E-state index in [4.69, 9.17) is 4.52 Å². The van der Waals surface area contributed by atoms with Crippen LogP contribution in [0.3, 0.4) is 0 Å². The SMILES string of the molecule is Cc1cc(C(=O)NC(Cn2cnc3ccccc32)c2ccc(F)cc2)no1. The van der Waals surface area contributed by atoms with Crippen LogP contribution in [0.5, 0.6) is 0 Å². The van der Waals surface area contributed by atoms with Crippen LogP contribution >= 0.6 is 0 Å². The number of hydrogen-bond acceptors (Lipinski definition) is 4. The highest BCUT2D eigenvalue weighted by Gasteiger charge is 2.19. The third-order valence-corrected chi connectivity index (χ3v) is 4.34. The summed E-state index contributed by atoms with van der Waals surface area (Å²) in [5.74, 6) is -0.131. The second-order valence-electron chi connectivity index (χ2n) is 6.29. The number of amides is 1. The van der Waals surface area contributed by atoms with Crippen LogP contribution in [0.25, 0.3) is 11.0 Å². The highest BCUT2D eigenvalue weighted by atomic mass is 19.1. The average Bonchev–Trinajstić information content (AvgIpc) is 3.28. The number of nitrogens with one attached hydrogen (secondary N) is 1. The monoisotopic (exact) mass is 364 g/mol. The summed E-state index contributed by atoms with van der Waals surface area (Å²) in [5.41, 5.74) is 2.81. The van der Waals surface area contributed by atoms with Crippen molar-refractivity contribution in [2.45, 2.75) is 19.5 Å². The van der Waals surface area contributed by atoms with Gasteiger partial charge in [0, 0.05) is 12.6 Å². The molecular weight excluding hydrogens is 347 g/mol. The first-order valence-electron chi connectivity index (χ1n) is 8.49. The van der Waals surface area contributed by atoms with Gasteiger partial charge in [0.15, 0.2) is 5.69 Å². The molecule has 7 heteroatoms. The van der Waals surface area contributed by atoms with Crippen LogP contribution in [0.4, 0.5) is 4.39 Å². The molecule has 4 rings (SSSR count). The fraction of sp³-hybridized carbons (Fsp3) is 0.150. The predicted molar refractivity (Wildman–Crippen MR) is 97.6 cm³/mol. The molecular formula is C20H17FN4O2. The molecule has 0 saturated heterocycles. The Morgan fingerprint density at radius 3 is 2.74 bits per heavy atom. The summed E-state index contributed by atoms with van der Waals surface area (Å²) in [5, 5.41) is 6.71. The molecule has 0 spiro atoms. The summed E-state index contributed by atoms with van der Waals surface area (Å²) in [4.78, 5) is 17.0. The van der Waals surface area contributed by atoms with Crippen molar-refractivity contribution in [3.63, 3.8) is 0 Å². The Labute approximate surface area is 154 Å². The number of nitrogens with zero attached hydrogens (tertiary/aromatic N) is 3. The van der Waals surface area contributed by atoms with Crippen LogP contribution in [0.1, 0.15) is 27.9 Å². The summed E-state index contributed by atoms with van der Waals surface area (Å²) in [6.45, 7) is 2.16. The van der Waals surface area contributed by atoms with Crippen molar-refractivity contribution in [2.24, 2.45) is 0 Å². The molecule has 2 aromatic heterocycles. The third-order valence-electron chi connectivity index (χ3n) is 4.34. The molecule has 0 saturated carbocycles. The second-order valence-corrected chi connectivity index (χ2v) is 6.29. The number of rotatable bonds is 5. The smallest absolute Gasteiger partial charge is 0.274 e. The first kappa shape index (κ1) is 17.0. The topological polar surface area (TPSA) is 73.0 Å². The summed E-state index contributed by atoms with van der Waals surface area (Å²) in [6, 6.07) is 15.0. The van der Waals surface area contributed by atoms with Crippen molar-refractivity contribution in [3.8, 4) is 0 Å². The molecule has 6 nitrogen and oxygen atoms in total. The Balaban J connectivity index is 1.65. The minimum absolute atomic E-state index is 0.204. The summed E-state index contributed by atoms with van der Waals surface area (Å²) in [7, 11) is 0. The van der Waals surface area contributed by atoms with E-state index < -0.39 is 6.04 Å².